The van der Waals surface area contributed by atoms with Gasteiger partial charge >= 0.3 is 0 Å². The average molecular weight is 248 g/mol. The quantitative estimate of drug-likeness (QED) is 0.903. The molecular formula is C13H17FN4. The number of halogens is 1. The van der Waals surface area contributed by atoms with Crippen LogP contribution >= 0.6 is 0 Å². The molecule has 0 radical (unpaired) electrons. The second-order valence-corrected chi connectivity index (χ2v) is 4.18. The van der Waals surface area contributed by atoms with Gasteiger partial charge in [0, 0.05) is 0 Å². The van der Waals surface area contributed by atoms with E-state index in [4.69, 9.17) is 5.73 Å². The van der Waals surface area contributed by atoms with Gasteiger partial charge in [0.2, 0.25) is 0 Å². The smallest absolute Gasteiger partial charge is 0.125 e. The van der Waals surface area contributed by atoms with E-state index in [0.717, 1.165) is 24.2 Å². The molecule has 0 aliphatic heterocycles. The molecule has 2 N–H and O–H groups in total. The first kappa shape index (κ1) is 12.7. The second kappa shape index (κ2) is 5.27. The molecule has 1 aromatic carbocycles. The second-order valence-electron chi connectivity index (χ2n) is 4.18. The number of benzene rings is 1. The van der Waals surface area contributed by atoms with E-state index in [-0.39, 0.29) is 11.9 Å². The summed E-state index contributed by atoms with van der Waals surface area (Å²) in [5.41, 5.74) is 8.41. The van der Waals surface area contributed by atoms with Crippen LogP contribution in [0.4, 0.5) is 4.39 Å². The molecule has 0 saturated heterocycles. The molecule has 0 amide bonds. The summed E-state index contributed by atoms with van der Waals surface area (Å²) in [6.45, 7) is 4.02. The van der Waals surface area contributed by atoms with Crippen molar-refractivity contribution in [3.05, 3.63) is 41.5 Å². The largest absolute Gasteiger partial charge is 0.323 e. The maximum Gasteiger partial charge on any atom is 0.125 e. The Balaban J connectivity index is 2.49. The van der Waals surface area contributed by atoms with E-state index in [1.165, 1.54) is 12.1 Å². The topological polar surface area (TPSA) is 56.7 Å². The van der Waals surface area contributed by atoms with Crippen molar-refractivity contribution in [1.82, 2.24) is 15.0 Å². The van der Waals surface area contributed by atoms with Gasteiger partial charge in [-0.3, -0.25) is 0 Å². The highest BCUT2D eigenvalue weighted by Gasteiger charge is 2.17. The van der Waals surface area contributed by atoms with E-state index in [1.807, 2.05) is 13.8 Å². The van der Waals surface area contributed by atoms with Crippen LogP contribution in [0.3, 0.4) is 0 Å². The minimum atomic E-state index is -0.286. The van der Waals surface area contributed by atoms with Crippen molar-refractivity contribution in [2.24, 2.45) is 5.73 Å². The number of hydrogen-bond donors (Lipinski definition) is 1. The predicted octanol–water partition coefficient (Wildman–Crippen LogP) is 2.38. The third-order valence-corrected chi connectivity index (χ3v) is 2.97. The van der Waals surface area contributed by atoms with Gasteiger partial charge in [-0.05, 0) is 31.0 Å². The lowest BCUT2D eigenvalue weighted by Crippen LogP contribution is -2.12. The van der Waals surface area contributed by atoms with Crippen molar-refractivity contribution < 1.29 is 4.39 Å². The number of aromatic nitrogens is 3. The lowest BCUT2D eigenvalue weighted by Gasteiger charge is -2.09. The van der Waals surface area contributed by atoms with Crippen LogP contribution in [0.1, 0.15) is 37.7 Å². The summed E-state index contributed by atoms with van der Waals surface area (Å²) in [7, 11) is 0. The van der Waals surface area contributed by atoms with Gasteiger partial charge in [0.15, 0.2) is 0 Å². The molecule has 0 fully saturated rings. The monoisotopic (exact) mass is 248 g/mol. The molecular weight excluding hydrogens is 231 g/mol. The van der Waals surface area contributed by atoms with Gasteiger partial charge in [0.25, 0.3) is 0 Å². The van der Waals surface area contributed by atoms with Crippen LogP contribution in [0.5, 0.6) is 0 Å². The lowest BCUT2D eigenvalue weighted by atomic mass is 10.1. The zero-order valence-electron chi connectivity index (χ0n) is 10.6. The first-order valence-corrected chi connectivity index (χ1v) is 6.13. The summed E-state index contributed by atoms with van der Waals surface area (Å²) in [6, 6.07) is 6.19. The first-order chi connectivity index (χ1) is 8.67. The number of nitrogens with zero attached hydrogens (tertiary/aromatic N) is 3. The van der Waals surface area contributed by atoms with Gasteiger partial charge in [0.05, 0.1) is 17.4 Å². The van der Waals surface area contributed by atoms with Crippen molar-refractivity contribution in [2.75, 3.05) is 0 Å². The van der Waals surface area contributed by atoms with Crippen LogP contribution in [0.15, 0.2) is 24.3 Å². The Morgan fingerprint density at radius 3 is 2.78 bits per heavy atom. The molecule has 2 rings (SSSR count). The third kappa shape index (κ3) is 2.26. The van der Waals surface area contributed by atoms with Crippen molar-refractivity contribution in [1.29, 1.82) is 0 Å². The van der Waals surface area contributed by atoms with Crippen molar-refractivity contribution in [2.45, 2.75) is 32.7 Å². The molecule has 18 heavy (non-hydrogen) atoms. The summed E-state index contributed by atoms with van der Waals surface area (Å²) in [6.07, 6.45) is 1.56. The summed E-state index contributed by atoms with van der Waals surface area (Å²) in [5.74, 6) is -0.286. The van der Waals surface area contributed by atoms with E-state index in [2.05, 4.69) is 10.3 Å². The summed E-state index contributed by atoms with van der Waals surface area (Å²) >= 11 is 0. The minimum absolute atomic E-state index is 0.123. The summed E-state index contributed by atoms with van der Waals surface area (Å²) < 4.78 is 14.9. The zero-order chi connectivity index (χ0) is 13.1. The molecule has 1 aromatic heterocycles. The van der Waals surface area contributed by atoms with Gasteiger partial charge < -0.3 is 5.73 Å². The fourth-order valence-electron chi connectivity index (χ4n) is 1.94. The van der Waals surface area contributed by atoms with Crippen LogP contribution < -0.4 is 5.73 Å². The highest BCUT2D eigenvalue weighted by molar-refractivity contribution is 5.34. The molecule has 0 bridgehead atoms. The predicted molar refractivity (Wildman–Crippen MR) is 67.9 cm³/mol. The van der Waals surface area contributed by atoms with E-state index in [1.54, 1.807) is 16.8 Å². The molecule has 0 spiro atoms. The van der Waals surface area contributed by atoms with Crippen molar-refractivity contribution >= 4 is 0 Å². The Labute approximate surface area is 106 Å². The molecule has 1 heterocycles. The third-order valence-electron chi connectivity index (χ3n) is 2.97. The summed E-state index contributed by atoms with van der Waals surface area (Å²) in [4.78, 5) is 0. The van der Waals surface area contributed by atoms with Gasteiger partial charge in [-0.15, -0.1) is 5.10 Å². The Bertz CT molecular complexity index is 536. The van der Waals surface area contributed by atoms with E-state index in [0.29, 0.717) is 5.69 Å². The Morgan fingerprint density at radius 2 is 2.17 bits per heavy atom. The molecule has 1 atom stereocenters. The molecule has 96 valence electrons. The fourth-order valence-corrected chi connectivity index (χ4v) is 1.94. The molecule has 2 aromatic rings. The summed E-state index contributed by atoms with van der Waals surface area (Å²) in [5, 5.41) is 8.22. The molecule has 5 heteroatoms. The zero-order valence-corrected chi connectivity index (χ0v) is 10.6. The molecule has 0 aliphatic rings. The number of rotatable bonds is 4. The average Bonchev–Trinajstić information content (AvgIpc) is 2.81. The first-order valence-electron chi connectivity index (χ1n) is 6.13. The Kier molecular flexibility index (Phi) is 3.72. The van der Waals surface area contributed by atoms with E-state index < -0.39 is 0 Å². The number of nitrogens with two attached hydrogens (primary N) is 1. The minimum Gasteiger partial charge on any atom is -0.323 e. The number of hydrogen-bond acceptors (Lipinski definition) is 3. The van der Waals surface area contributed by atoms with Crippen LogP contribution in [-0.4, -0.2) is 15.0 Å². The molecule has 0 saturated carbocycles. The Morgan fingerprint density at radius 1 is 1.39 bits per heavy atom. The maximum atomic E-state index is 13.2. The van der Waals surface area contributed by atoms with Crippen LogP contribution in [-0.2, 0) is 6.42 Å². The van der Waals surface area contributed by atoms with Crippen molar-refractivity contribution in [3.8, 4) is 5.69 Å². The fraction of sp³-hybridized carbons (Fsp3) is 0.385. The van der Waals surface area contributed by atoms with Crippen molar-refractivity contribution in [3.63, 3.8) is 0 Å². The highest BCUT2D eigenvalue weighted by atomic mass is 19.1. The van der Waals surface area contributed by atoms with Crippen LogP contribution in [0.25, 0.3) is 5.69 Å². The normalized spacial score (nSPS) is 12.7. The Hall–Kier alpha value is -1.75. The van der Waals surface area contributed by atoms with Gasteiger partial charge in [-0.1, -0.05) is 25.1 Å². The highest BCUT2D eigenvalue weighted by Crippen LogP contribution is 2.20. The van der Waals surface area contributed by atoms with Crippen LogP contribution in [0.2, 0.25) is 0 Å². The molecule has 4 nitrogen and oxygen atoms in total. The van der Waals surface area contributed by atoms with Gasteiger partial charge in [-0.2, -0.15) is 0 Å². The van der Waals surface area contributed by atoms with E-state index in [9.17, 15) is 4.39 Å². The molecule has 0 aliphatic carbocycles. The maximum absolute atomic E-state index is 13.2. The van der Waals surface area contributed by atoms with Gasteiger partial charge in [-0.25, -0.2) is 9.07 Å². The van der Waals surface area contributed by atoms with E-state index >= 15 is 0 Å². The lowest BCUT2D eigenvalue weighted by molar-refractivity contribution is 0.624. The standard InChI is InChI=1S/C13H17FN4/c1-3-11(15)13-12(4-2)18(17-16-13)10-7-5-6-9(14)8-10/h5-8,11H,3-4,15H2,1-2H3. The van der Waals surface area contributed by atoms with Crippen LogP contribution in [0, 0.1) is 5.82 Å². The SMILES string of the molecule is CCc1c(C(N)CC)nnn1-c1cccc(F)c1. The van der Waals surface area contributed by atoms with Gasteiger partial charge in [0.1, 0.15) is 11.5 Å². The molecule has 1 unspecified atom stereocenters.